The number of carbonyl (C=O) groups is 2. The third-order valence-corrected chi connectivity index (χ3v) is 2.28. The molecule has 1 amide bonds. The van der Waals surface area contributed by atoms with Crippen molar-refractivity contribution in [2.75, 3.05) is 5.32 Å². The van der Waals surface area contributed by atoms with Crippen LogP contribution in [0.3, 0.4) is 0 Å². The maximum Gasteiger partial charge on any atom is 0.354 e. The van der Waals surface area contributed by atoms with Crippen LogP contribution in [0, 0.1) is 11.7 Å². The molecule has 0 radical (unpaired) electrons. The minimum atomic E-state index is -1.26. The number of aromatic nitrogens is 1. The van der Waals surface area contributed by atoms with E-state index < -0.39 is 11.8 Å². The molecule has 16 heavy (non-hydrogen) atoms. The lowest BCUT2D eigenvalue weighted by molar-refractivity contribution is -0.117. The lowest BCUT2D eigenvalue weighted by Crippen LogP contribution is -2.15. The first-order valence-electron chi connectivity index (χ1n) is 4.77. The van der Waals surface area contributed by atoms with Crippen molar-refractivity contribution >= 4 is 17.6 Å². The number of halogens is 1. The van der Waals surface area contributed by atoms with Crippen LogP contribution >= 0.6 is 0 Å². The summed E-state index contributed by atoms with van der Waals surface area (Å²) in [5.41, 5.74) is -0.434. The Balaban J connectivity index is 2.20. The smallest absolute Gasteiger partial charge is 0.354 e. The number of amides is 1. The lowest BCUT2D eigenvalue weighted by atomic mass is 10.3. The van der Waals surface area contributed by atoms with Gasteiger partial charge in [-0.2, -0.15) is 0 Å². The minimum Gasteiger partial charge on any atom is -0.477 e. The van der Waals surface area contributed by atoms with E-state index in [1.54, 1.807) is 0 Å². The Hall–Kier alpha value is -1.98. The first kappa shape index (κ1) is 10.5. The molecular formula is C10H9FN2O3. The number of aromatic carboxylic acids is 1. The highest BCUT2D eigenvalue weighted by Crippen LogP contribution is 2.30. The Labute approximate surface area is 90.3 Å². The lowest BCUT2D eigenvalue weighted by Gasteiger charge is -2.05. The molecule has 1 heterocycles. The number of nitrogens with one attached hydrogen (secondary N) is 1. The molecule has 0 bridgehead atoms. The van der Waals surface area contributed by atoms with Crippen LogP contribution in [0.15, 0.2) is 12.3 Å². The number of carboxylic acids is 1. The summed E-state index contributed by atoms with van der Waals surface area (Å²) in [4.78, 5) is 25.3. The van der Waals surface area contributed by atoms with E-state index >= 15 is 0 Å². The van der Waals surface area contributed by atoms with Crippen LogP contribution in [0.2, 0.25) is 0 Å². The molecule has 1 aromatic rings. The molecule has 1 fully saturated rings. The van der Waals surface area contributed by atoms with E-state index in [4.69, 9.17) is 5.11 Å². The topological polar surface area (TPSA) is 79.3 Å². The molecule has 0 unspecified atom stereocenters. The molecule has 84 valence electrons. The Morgan fingerprint density at radius 3 is 2.75 bits per heavy atom. The van der Waals surface area contributed by atoms with E-state index in [-0.39, 0.29) is 23.2 Å². The van der Waals surface area contributed by atoms with E-state index in [1.807, 2.05) is 0 Å². The highest BCUT2D eigenvalue weighted by atomic mass is 19.1. The zero-order valence-corrected chi connectivity index (χ0v) is 8.24. The van der Waals surface area contributed by atoms with Gasteiger partial charge in [-0.05, 0) is 18.9 Å². The summed E-state index contributed by atoms with van der Waals surface area (Å²) in [6, 6.07) is 1.01. The zero-order valence-electron chi connectivity index (χ0n) is 8.24. The van der Waals surface area contributed by atoms with Crippen LogP contribution < -0.4 is 5.32 Å². The third-order valence-electron chi connectivity index (χ3n) is 2.28. The molecule has 1 saturated carbocycles. The molecule has 0 aromatic carbocycles. The average molecular weight is 224 g/mol. The molecule has 0 saturated heterocycles. The SMILES string of the molecule is O=C(O)c1cc(NC(=O)C2CC2)c(F)cn1. The number of hydrogen-bond donors (Lipinski definition) is 2. The second-order valence-corrected chi connectivity index (χ2v) is 3.62. The summed E-state index contributed by atoms with van der Waals surface area (Å²) < 4.78 is 13.2. The van der Waals surface area contributed by atoms with E-state index in [2.05, 4.69) is 10.3 Å². The third kappa shape index (κ3) is 2.16. The highest BCUT2D eigenvalue weighted by Gasteiger charge is 2.30. The van der Waals surface area contributed by atoms with Crippen molar-refractivity contribution < 1.29 is 19.1 Å². The molecule has 2 rings (SSSR count). The summed E-state index contributed by atoms with van der Waals surface area (Å²) in [5.74, 6) is -2.34. The average Bonchev–Trinajstić information content (AvgIpc) is 3.04. The van der Waals surface area contributed by atoms with Crippen LogP contribution in [-0.4, -0.2) is 22.0 Å². The fourth-order valence-corrected chi connectivity index (χ4v) is 1.23. The van der Waals surface area contributed by atoms with Crippen molar-refractivity contribution in [1.82, 2.24) is 4.98 Å². The summed E-state index contributed by atoms with van der Waals surface area (Å²) in [6.07, 6.45) is 2.38. The van der Waals surface area contributed by atoms with Crippen molar-refractivity contribution in [1.29, 1.82) is 0 Å². The largest absolute Gasteiger partial charge is 0.477 e. The number of pyridine rings is 1. The van der Waals surface area contributed by atoms with E-state index in [1.165, 1.54) is 0 Å². The van der Waals surface area contributed by atoms with E-state index in [0.717, 1.165) is 25.1 Å². The van der Waals surface area contributed by atoms with E-state index in [0.29, 0.717) is 0 Å². The van der Waals surface area contributed by atoms with Gasteiger partial charge in [0, 0.05) is 5.92 Å². The summed E-state index contributed by atoms with van der Waals surface area (Å²) in [7, 11) is 0. The first-order chi connectivity index (χ1) is 7.58. The van der Waals surface area contributed by atoms with Crippen LogP contribution in [0.1, 0.15) is 23.3 Å². The number of hydrogen-bond acceptors (Lipinski definition) is 3. The number of rotatable bonds is 3. The molecule has 5 nitrogen and oxygen atoms in total. The van der Waals surface area contributed by atoms with Gasteiger partial charge in [0.1, 0.15) is 5.69 Å². The van der Waals surface area contributed by atoms with Gasteiger partial charge in [0.15, 0.2) is 5.82 Å². The van der Waals surface area contributed by atoms with Gasteiger partial charge in [0.2, 0.25) is 5.91 Å². The van der Waals surface area contributed by atoms with Crippen molar-refractivity contribution in [2.45, 2.75) is 12.8 Å². The predicted molar refractivity (Wildman–Crippen MR) is 52.5 cm³/mol. The first-order valence-corrected chi connectivity index (χ1v) is 4.77. The van der Waals surface area contributed by atoms with Crippen molar-refractivity contribution in [3.8, 4) is 0 Å². The van der Waals surface area contributed by atoms with Gasteiger partial charge >= 0.3 is 5.97 Å². The summed E-state index contributed by atoms with van der Waals surface area (Å²) >= 11 is 0. The van der Waals surface area contributed by atoms with Crippen molar-refractivity contribution in [3.63, 3.8) is 0 Å². The molecule has 0 atom stereocenters. The quantitative estimate of drug-likeness (QED) is 0.810. The second-order valence-electron chi connectivity index (χ2n) is 3.62. The van der Waals surface area contributed by atoms with Gasteiger partial charge in [0.05, 0.1) is 11.9 Å². The van der Waals surface area contributed by atoms with Crippen molar-refractivity contribution in [3.05, 3.63) is 23.8 Å². The Bertz CT molecular complexity index is 457. The fraction of sp³-hybridized carbons (Fsp3) is 0.300. The predicted octanol–water partition coefficient (Wildman–Crippen LogP) is 1.27. The van der Waals surface area contributed by atoms with Gasteiger partial charge < -0.3 is 10.4 Å². The van der Waals surface area contributed by atoms with Gasteiger partial charge in [-0.3, -0.25) is 4.79 Å². The molecule has 2 N–H and O–H groups in total. The maximum atomic E-state index is 13.2. The maximum absolute atomic E-state index is 13.2. The molecule has 1 aliphatic carbocycles. The van der Waals surface area contributed by atoms with Crippen molar-refractivity contribution in [2.24, 2.45) is 5.92 Å². The summed E-state index contributed by atoms with van der Waals surface area (Å²) in [5, 5.41) is 11.0. The van der Waals surface area contributed by atoms with Crippen LogP contribution in [-0.2, 0) is 4.79 Å². The number of carbonyl (C=O) groups excluding carboxylic acids is 1. The molecule has 0 spiro atoms. The van der Waals surface area contributed by atoms with Gasteiger partial charge in [-0.1, -0.05) is 0 Å². The van der Waals surface area contributed by atoms with Gasteiger partial charge in [-0.25, -0.2) is 14.2 Å². The Kier molecular flexibility index (Phi) is 2.55. The van der Waals surface area contributed by atoms with E-state index in [9.17, 15) is 14.0 Å². The zero-order chi connectivity index (χ0) is 11.7. The standard InChI is InChI=1S/C10H9FN2O3/c11-6-4-12-8(10(15)16)3-7(6)13-9(14)5-1-2-5/h3-5H,1-2H2,(H,15,16)(H,12,13,14). The number of nitrogens with zero attached hydrogens (tertiary/aromatic N) is 1. The van der Waals surface area contributed by atoms with Crippen LogP contribution in [0.4, 0.5) is 10.1 Å². The molecule has 6 heteroatoms. The second kappa shape index (κ2) is 3.88. The molecular weight excluding hydrogens is 215 g/mol. The Morgan fingerprint density at radius 1 is 1.50 bits per heavy atom. The fourth-order valence-electron chi connectivity index (χ4n) is 1.23. The van der Waals surface area contributed by atoms with Crippen LogP contribution in [0.5, 0.6) is 0 Å². The molecule has 1 aliphatic rings. The minimum absolute atomic E-state index is 0.0687. The highest BCUT2D eigenvalue weighted by molar-refractivity contribution is 5.95. The monoisotopic (exact) mass is 224 g/mol. The van der Waals surface area contributed by atoms with Gasteiger partial charge in [-0.15, -0.1) is 0 Å². The van der Waals surface area contributed by atoms with Crippen LogP contribution in [0.25, 0.3) is 0 Å². The normalized spacial score (nSPS) is 14.6. The Morgan fingerprint density at radius 2 is 2.19 bits per heavy atom. The summed E-state index contributed by atoms with van der Waals surface area (Å²) in [6.45, 7) is 0. The van der Waals surface area contributed by atoms with Gasteiger partial charge in [0.25, 0.3) is 0 Å². The number of anilines is 1. The molecule has 1 aromatic heterocycles. The molecule has 0 aliphatic heterocycles. The number of carboxylic acid groups (broad SMARTS) is 1.